The maximum Gasteiger partial charge on any atom is 0.260 e. The molecule has 24 heavy (non-hydrogen) atoms. The van der Waals surface area contributed by atoms with Crippen LogP contribution in [0.2, 0.25) is 0 Å². The summed E-state index contributed by atoms with van der Waals surface area (Å²) in [6.07, 6.45) is 4.26. The van der Waals surface area contributed by atoms with E-state index in [0.717, 1.165) is 29.5 Å². The summed E-state index contributed by atoms with van der Waals surface area (Å²) >= 11 is 0. The van der Waals surface area contributed by atoms with Gasteiger partial charge in [-0.2, -0.15) is 0 Å². The molecular formula is C19H26N2O3. The summed E-state index contributed by atoms with van der Waals surface area (Å²) in [5.74, 6) is 1.31. The highest BCUT2D eigenvalue weighted by Gasteiger charge is 2.19. The number of carbonyl (C=O) groups excluding carboxylic acids is 1. The molecule has 5 nitrogen and oxygen atoms in total. The van der Waals surface area contributed by atoms with Crippen LogP contribution in [0.1, 0.15) is 38.2 Å². The predicted molar refractivity (Wildman–Crippen MR) is 94.5 cm³/mol. The standard InChI is InChI=1S/C19H26N2O3/c1-3-14(4-2)15-12-20-16-6-5-7-17(19(15)16)24-13-18(22)21-8-10-23-11-9-21/h5-7,12,14,20H,3-4,8-11,13H2,1-2H3. The summed E-state index contributed by atoms with van der Waals surface area (Å²) in [5, 5.41) is 1.11. The SMILES string of the molecule is CCC(CC)c1c[nH]c2cccc(OCC(=O)N3CCOCC3)c12. The lowest BCUT2D eigenvalue weighted by atomic mass is 9.93. The van der Waals surface area contributed by atoms with Gasteiger partial charge in [0, 0.05) is 30.2 Å². The van der Waals surface area contributed by atoms with Gasteiger partial charge in [-0.15, -0.1) is 0 Å². The van der Waals surface area contributed by atoms with E-state index >= 15 is 0 Å². The number of hydrogen-bond donors (Lipinski definition) is 1. The van der Waals surface area contributed by atoms with Gasteiger partial charge >= 0.3 is 0 Å². The summed E-state index contributed by atoms with van der Waals surface area (Å²) in [7, 11) is 0. The maximum atomic E-state index is 12.3. The van der Waals surface area contributed by atoms with Crippen LogP contribution in [0.25, 0.3) is 10.9 Å². The molecule has 1 fully saturated rings. The molecule has 2 aromatic rings. The molecule has 0 saturated carbocycles. The first-order valence-electron chi connectivity index (χ1n) is 8.82. The average Bonchev–Trinajstić information content (AvgIpc) is 3.06. The van der Waals surface area contributed by atoms with E-state index in [2.05, 4.69) is 31.1 Å². The van der Waals surface area contributed by atoms with E-state index in [-0.39, 0.29) is 12.5 Å². The second-order valence-electron chi connectivity index (χ2n) is 6.22. The van der Waals surface area contributed by atoms with Crippen molar-refractivity contribution in [3.05, 3.63) is 30.0 Å². The van der Waals surface area contributed by atoms with E-state index in [1.54, 1.807) is 0 Å². The predicted octanol–water partition coefficient (Wildman–Crippen LogP) is 3.31. The number of hydrogen-bond acceptors (Lipinski definition) is 3. The van der Waals surface area contributed by atoms with E-state index in [9.17, 15) is 4.79 Å². The molecule has 0 spiro atoms. The highest BCUT2D eigenvalue weighted by Crippen LogP contribution is 2.35. The summed E-state index contributed by atoms with van der Waals surface area (Å²) < 4.78 is 11.2. The number of fused-ring (bicyclic) bond motifs is 1. The number of H-pyrrole nitrogens is 1. The van der Waals surface area contributed by atoms with Crippen LogP contribution in [0.5, 0.6) is 5.75 Å². The van der Waals surface area contributed by atoms with Crippen molar-refractivity contribution in [1.82, 2.24) is 9.88 Å². The number of benzene rings is 1. The maximum absolute atomic E-state index is 12.3. The molecule has 0 radical (unpaired) electrons. The molecule has 1 aliphatic rings. The van der Waals surface area contributed by atoms with Gasteiger partial charge < -0.3 is 19.4 Å². The van der Waals surface area contributed by atoms with Crippen LogP contribution in [0.4, 0.5) is 0 Å². The summed E-state index contributed by atoms with van der Waals surface area (Å²) in [5.41, 5.74) is 2.35. The number of ether oxygens (including phenoxy) is 2. The molecule has 0 atom stereocenters. The molecule has 1 aromatic heterocycles. The van der Waals surface area contributed by atoms with E-state index in [1.807, 2.05) is 17.0 Å². The molecule has 1 saturated heterocycles. The van der Waals surface area contributed by atoms with Gasteiger partial charge in [-0.05, 0) is 36.5 Å². The molecule has 5 heteroatoms. The number of rotatable bonds is 6. The lowest BCUT2D eigenvalue weighted by Crippen LogP contribution is -2.42. The van der Waals surface area contributed by atoms with E-state index in [4.69, 9.17) is 9.47 Å². The Morgan fingerprint density at radius 3 is 2.75 bits per heavy atom. The number of nitrogens with one attached hydrogen (secondary N) is 1. The van der Waals surface area contributed by atoms with Crippen molar-refractivity contribution in [2.45, 2.75) is 32.6 Å². The van der Waals surface area contributed by atoms with Crippen LogP contribution in [0.15, 0.2) is 24.4 Å². The van der Waals surface area contributed by atoms with Gasteiger partial charge in [-0.25, -0.2) is 0 Å². The van der Waals surface area contributed by atoms with Crippen LogP contribution in [-0.4, -0.2) is 48.7 Å². The number of nitrogens with zero attached hydrogens (tertiary/aromatic N) is 1. The van der Waals surface area contributed by atoms with Gasteiger partial charge in [0.15, 0.2) is 6.61 Å². The molecule has 130 valence electrons. The Balaban J connectivity index is 1.78. The Bertz CT molecular complexity index is 685. The molecular weight excluding hydrogens is 304 g/mol. The first kappa shape index (κ1) is 16.8. The summed E-state index contributed by atoms with van der Waals surface area (Å²) in [6.45, 7) is 7.00. The fraction of sp³-hybridized carbons (Fsp3) is 0.526. The van der Waals surface area contributed by atoms with Crippen LogP contribution in [0.3, 0.4) is 0 Å². The Morgan fingerprint density at radius 2 is 2.04 bits per heavy atom. The first-order chi connectivity index (χ1) is 11.7. The van der Waals surface area contributed by atoms with Crippen molar-refractivity contribution < 1.29 is 14.3 Å². The van der Waals surface area contributed by atoms with Crippen molar-refractivity contribution in [3.8, 4) is 5.75 Å². The largest absolute Gasteiger partial charge is 0.483 e. The Morgan fingerprint density at radius 1 is 1.29 bits per heavy atom. The zero-order valence-electron chi connectivity index (χ0n) is 14.5. The molecule has 0 bridgehead atoms. The van der Waals surface area contributed by atoms with E-state index in [0.29, 0.717) is 32.2 Å². The molecule has 3 rings (SSSR count). The van der Waals surface area contributed by atoms with Crippen LogP contribution in [0, 0.1) is 0 Å². The number of morpholine rings is 1. The summed E-state index contributed by atoms with van der Waals surface area (Å²) in [6, 6.07) is 5.97. The number of aromatic amines is 1. The first-order valence-corrected chi connectivity index (χ1v) is 8.82. The Kier molecular flexibility index (Phi) is 5.41. The third-order valence-electron chi connectivity index (χ3n) is 4.84. The highest BCUT2D eigenvalue weighted by molar-refractivity contribution is 5.90. The minimum Gasteiger partial charge on any atom is -0.483 e. The van der Waals surface area contributed by atoms with Crippen LogP contribution in [-0.2, 0) is 9.53 Å². The summed E-state index contributed by atoms with van der Waals surface area (Å²) in [4.78, 5) is 17.5. The molecule has 0 unspecified atom stereocenters. The normalized spacial score (nSPS) is 15.2. The van der Waals surface area contributed by atoms with Crippen molar-refractivity contribution in [1.29, 1.82) is 0 Å². The van der Waals surface area contributed by atoms with E-state index < -0.39 is 0 Å². The molecule has 1 aliphatic heterocycles. The zero-order chi connectivity index (χ0) is 16.9. The van der Waals surface area contributed by atoms with Gasteiger partial charge in [-0.3, -0.25) is 4.79 Å². The van der Waals surface area contributed by atoms with Gasteiger partial charge in [0.25, 0.3) is 5.91 Å². The van der Waals surface area contributed by atoms with E-state index in [1.165, 1.54) is 5.56 Å². The topological polar surface area (TPSA) is 54.6 Å². The molecule has 2 heterocycles. The molecule has 1 aromatic carbocycles. The van der Waals surface area contributed by atoms with Gasteiger partial charge in [-0.1, -0.05) is 19.9 Å². The minimum atomic E-state index is 0.0231. The molecule has 1 amide bonds. The number of aromatic nitrogens is 1. The lowest BCUT2D eigenvalue weighted by Gasteiger charge is -2.26. The van der Waals surface area contributed by atoms with Crippen LogP contribution >= 0.6 is 0 Å². The van der Waals surface area contributed by atoms with Gasteiger partial charge in [0.05, 0.1) is 13.2 Å². The molecule has 0 aliphatic carbocycles. The van der Waals surface area contributed by atoms with Crippen molar-refractivity contribution in [3.63, 3.8) is 0 Å². The second-order valence-corrected chi connectivity index (χ2v) is 6.22. The van der Waals surface area contributed by atoms with Gasteiger partial charge in [0.2, 0.25) is 0 Å². The smallest absolute Gasteiger partial charge is 0.260 e. The zero-order valence-corrected chi connectivity index (χ0v) is 14.5. The monoisotopic (exact) mass is 330 g/mol. The van der Waals surface area contributed by atoms with Gasteiger partial charge in [0.1, 0.15) is 5.75 Å². The van der Waals surface area contributed by atoms with Crippen molar-refractivity contribution in [2.24, 2.45) is 0 Å². The fourth-order valence-electron chi connectivity index (χ4n) is 3.39. The average molecular weight is 330 g/mol. The lowest BCUT2D eigenvalue weighted by molar-refractivity contribution is -0.137. The quantitative estimate of drug-likeness (QED) is 0.884. The number of amides is 1. The van der Waals surface area contributed by atoms with Crippen molar-refractivity contribution in [2.75, 3.05) is 32.9 Å². The highest BCUT2D eigenvalue weighted by atomic mass is 16.5. The van der Waals surface area contributed by atoms with Crippen LogP contribution < -0.4 is 4.74 Å². The number of carbonyl (C=O) groups is 1. The Hall–Kier alpha value is -2.01. The second kappa shape index (κ2) is 7.71. The Labute approximate surface area is 142 Å². The minimum absolute atomic E-state index is 0.0231. The fourth-order valence-corrected chi connectivity index (χ4v) is 3.39. The third kappa shape index (κ3) is 3.41. The molecule has 1 N–H and O–H groups in total. The van der Waals surface area contributed by atoms with Crippen molar-refractivity contribution >= 4 is 16.8 Å². The third-order valence-corrected chi connectivity index (χ3v) is 4.84.